The van der Waals surface area contributed by atoms with Crippen LogP contribution in [0.3, 0.4) is 0 Å². The van der Waals surface area contributed by atoms with Gasteiger partial charge in [-0.05, 0) is 24.6 Å². The first-order valence-electron chi connectivity index (χ1n) is 7.13. The molecule has 2 heterocycles. The van der Waals surface area contributed by atoms with Crippen LogP contribution >= 0.6 is 0 Å². The highest BCUT2D eigenvalue weighted by atomic mass is 16.5. The molecule has 0 spiro atoms. The van der Waals surface area contributed by atoms with E-state index in [1.807, 2.05) is 30.3 Å². The van der Waals surface area contributed by atoms with Gasteiger partial charge in [-0.25, -0.2) is 0 Å². The van der Waals surface area contributed by atoms with Gasteiger partial charge in [0, 0.05) is 18.8 Å². The number of aliphatic hydroxyl groups is 1. The Balaban J connectivity index is 1.76. The van der Waals surface area contributed by atoms with Crippen molar-refractivity contribution in [2.75, 3.05) is 18.1 Å². The molecule has 1 aromatic carbocycles. The molecule has 0 radical (unpaired) electrons. The van der Waals surface area contributed by atoms with Crippen molar-refractivity contribution in [1.29, 1.82) is 0 Å². The quantitative estimate of drug-likeness (QED) is 0.723. The van der Waals surface area contributed by atoms with Crippen LogP contribution in [-0.2, 0) is 6.54 Å². The first-order valence-corrected chi connectivity index (χ1v) is 7.13. The molecule has 0 saturated heterocycles. The average Bonchev–Trinajstić information content (AvgIpc) is 3.23. The Morgan fingerprint density at radius 3 is 2.73 bits per heavy atom. The van der Waals surface area contributed by atoms with Gasteiger partial charge in [-0.15, -0.1) is 0 Å². The molecule has 0 unspecified atom stereocenters. The standard InChI is InChI=1S/C16H17N3O3/c20-9-4-8-19(14-5-2-1-3-6-14)11-15-17-16(18-22-15)13-7-10-21-12-13/h1-3,5-7,10,12,20H,4,8-9,11H2. The molecule has 0 atom stereocenters. The second kappa shape index (κ2) is 6.91. The van der Waals surface area contributed by atoms with Crippen molar-refractivity contribution in [3.8, 4) is 11.4 Å². The topological polar surface area (TPSA) is 75.5 Å². The largest absolute Gasteiger partial charge is 0.472 e. The Kier molecular flexibility index (Phi) is 4.50. The Morgan fingerprint density at radius 1 is 1.14 bits per heavy atom. The molecule has 6 nitrogen and oxygen atoms in total. The van der Waals surface area contributed by atoms with Crippen LogP contribution in [0.25, 0.3) is 11.4 Å². The van der Waals surface area contributed by atoms with Gasteiger partial charge in [0.25, 0.3) is 0 Å². The zero-order valence-electron chi connectivity index (χ0n) is 12.1. The van der Waals surface area contributed by atoms with E-state index >= 15 is 0 Å². The van der Waals surface area contributed by atoms with Crippen LogP contribution in [0.4, 0.5) is 5.69 Å². The molecule has 114 valence electrons. The molecule has 22 heavy (non-hydrogen) atoms. The molecule has 1 N–H and O–H groups in total. The van der Waals surface area contributed by atoms with E-state index in [2.05, 4.69) is 15.0 Å². The van der Waals surface area contributed by atoms with Crippen LogP contribution in [0.5, 0.6) is 0 Å². The molecule has 0 aliphatic rings. The van der Waals surface area contributed by atoms with E-state index in [0.717, 1.165) is 11.3 Å². The average molecular weight is 299 g/mol. The molecule has 0 amide bonds. The van der Waals surface area contributed by atoms with E-state index in [9.17, 15) is 0 Å². The predicted molar refractivity (Wildman–Crippen MR) is 81.2 cm³/mol. The molecule has 0 saturated carbocycles. The van der Waals surface area contributed by atoms with Crippen LogP contribution in [0.2, 0.25) is 0 Å². The van der Waals surface area contributed by atoms with Gasteiger partial charge < -0.3 is 18.9 Å². The zero-order chi connectivity index (χ0) is 15.2. The fourth-order valence-electron chi connectivity index (χ4n) is 2.19. The molecular weight excluding hydrogens is 282 g/mol. The zero-order valence-corrected chi connectivity index (χ0v) is 12.1. The predicted octanol–water partition coefficient (Wildman–Crippen LogP) is 2.72. The minimum Gasteiger partial charge on any atom is -0.472 e. The lowest BCUT2D eigenvalue weighted by atomic mass is 10.2. The summed E-state index contributed by atoms with van der Waals surface area (Å²) in [6.07, 6.45) is 3.83. The third-order valence-electron chi connectivity index (χ3n) is 3.28. The maximum absolute atomic E-state index is 9.07. The van der Waals surface area contributed by atoms with E-state index in [1.54, 1.807) is 18.6 Å². The number of hydrogen-bond acceptors (Lipinski definition) is 6. The fraction of sp³-hybridized carbons (Fsp3) is 0.250. The van der Waals surface area contributed by atoms with Gasteiger partial charge in [0.05, 0.1) is 18.4 Å². The summed E-state index contributed by atoms with van der Waals surface area (Å²) >= 11 is 0. The highest BCUT2D eigenvalue weighted by Crippen LogP contribution is 2.19. The maximum atomic E-state index is 9.07. The summed E-state index contributed by atoms with van der Waals surface area (Å²) in [5.41, 5.74) is 1.84. The van der Waals surface area contributed by atoms with Gasteiger partial charge >= 0.3 is 0 Å². The number of rotatable bonds is 7. The molecule has 0 aliphatic carbocycles. The summed E-state index contributed by atoms with van der Waals surface area (Å²) in [7, 11) is 0. The van der Waals surface area contributed by atoms with Gasteiger partial charge in [-0.2, -0.15) is 4.98 Å². The summed E-state index contributed by atoms with van der Waals surface area (Å²) in [5, 5.41) is 13.0. The second-order valence-electron chi connectivity index (χ2n) is 4.86. The van der Waals surface area contributed by atoms with Crippen LogP contribution in [0.1, 0.15) is 12.3 Å². The third-order valence-corrected chi connectivity index (χ3v) is 3.28. The number of aromatic nitrogens is 2. The molecule has 6 heteroatoms. The highest BCUT2D eigenvalue weighted by Gasteiger charge is 2.14. The summed E-state index contributed by atoms with van der Waals surface area (Å²) < 4.78 is 10.3. The van der Waals surface area contributed by atoms with E-state index in [-0.39, 0.29) is 6.61 Å². The van der Waals surface area contributed by atoms with Gasteiger partial charge in [0.1, 0.15) is 6.26 Å². The van der Waals surface area contributed by atoms with E-state index in [4.69, 9.17) is 14.0 Å². The Hall–Kier alpha value is -2.60. The van der Waals surface area contributed by atoms with Crippen molar-refractivity contribution < 1.29 is 14.0 Å². The lowest BCUT2D eigenvalue weighted by molar-refractivity contribution is 0.288. The first-order chi connectivity index (χ1) is 10.9. The van der Waals surface area contributed by atoms with Crippen LogP contribution < -0.4 is 4.90 Å². The number of anilines is 1. The van der Waals surface area contributed by atoms with Gasteiger partial charge in [-0.3, -0.25) is 0 Å². The number of nitrogens with zero attached hydrogens (tertiary/aromatic N) is 3. The number of benzene rings is 1. The minimum absolute atomic E-state index is 0.146. The SMILES string of the molecule is OCCCN(Cc1nc(-c2ccoc2)no1)c1ccccc1. The van der Waals surface area contributed by atoms with Gasteiger partial charge in [0.2, 0.25) is 11.7 Å². The summed E-state index contributed by atoms with van der Waals surface area (Å²) in [6.45, 7) is 1.35. The van der Waals surface area contributed by atoms with Crippen molar-refractivity contribution in [2.45, 2.75) is 13.0 Å². The Labute approximate surface area is 128 Å². The van der Waals surface area contributed by atoms with Crippen LogP contribution in [-0.4, -0.2) is 28.4 Å². The molecule has 0 aliphatic heterocycles. The summed E-state index contributed by atoms with van der Waals surface area (Å²) in [6, 6.07) is 11.8. The van der Waals surface area contributed by atoms with E-state index in [1.165, 1.54) is 0 Å². The first kappa shape index (κ1) is 14.3. The Bertz CT molecular complexity index is 680. The smallest absolute Gasteiger partial charge is 0.246 e. The lowest BCUT2D eigenvalue weighted by Crippen LogP contribution is -2.24. The minimum atomic E-state index is 0.146. The summed E-state index contributed by atoms with van der Waals surface area (Å²) in [5.74, 6) is 1.04. The monoisotopic (exact) mass is 299 g/mol. The fourth-order valence-corrected chi connectivity index (χ4v) is 2.19. The normalized spacial score (nSPS) is 10.8. The molecular formula is C16H17N3O3. The second-order valence-corrected chi connectivity index (χ2v) is 4.86. The lowest BCUT2D eigenvalue weighted by Gasteiger charge is -2.22. The number of furan rings is 1. The van der Waals surface area contributed by atoms with Crippen LogP contribution in [0, 0.1) is 0 Å². The molecule has 3 aromatic rings. The Morgan fingerprint density at radius 2 is 2.00 bits per heavy atom. The number of para-hydroxylation sites is 1. The van der Waals surface area contributed by atoms with Crippen molar-refractivity contribution in [3.05, 3.63) is 54.8 Å². The van der Waals surface area contributed by atoms with Crippen molar-refractivity contribution in [3.63, 3.8) is 0 Å². The van der Waals surface area contributed by atoms with Gasteiger partial charge in [-0.1, -0.05) is 23.4 Å². The van der Waals surface area contributed by atoms with Crippen molar-refractivity contribution >= 4 is 5.69 Å². The molecule has 0 bridgehead atoms. The van der Waals surface area contributed by atoms with Crippen molar-refractivity contribution in [2.24, 2.45) is 0 Å². The van der Waals surface area contributed by atoms with Gasteiger partial charge in [0.15, 0.2) is 0 Å². The number of aliphatic hydroxyl groups excluding tert-OH is 1. The highest BCUT2D eigenvalue weighted by molar-refractivity contribution is 5.51. The maximum Gasteiger partial charge on any atom is 0.246 e. The molecule has 0 fully saturated rings. The van der Waals surface area contributed by atoms with Crippen molar-refractivity contribution in [1.82, 2.24) is 10.1 Å². The van der Waals surface area contributed by atoms with E-state index < -0.39 is 0 Å². The summed E-state index contributed by atoms with van der Waals surface area (Å²) in [4.78, 5) is 6.48. The molecule has 3 rings (SSSR count). The molecule has 2 aromatic heterocycles. The third kappa shape index (κ3) is 3.35. The van der Waals surface area contributed by atoms with Crippen LogP contribution in [0.15, 0.2) is 57.9 Å². The van der Waals surface area contributed by atoms with E-state index in [0.29, 0.717) is 31.2 Å². The number of hydrogen-bond donors (Lipinski definition) is 1.